The fourth-order valence-corrected chi connectivity index (χ4v) is 5.77. The van der Waals surface area contributed by atoms with E-state index in [2.05, 4.69) is 0 Å². The summed E-state index contributed by atoms with van der Waals surface area (Å²) < 4.78 is 3.70. The van der Waals surface area contributed by atoms with Gasteiger partial charge in [-0.25, -0.2) is 0 Å². The van der Waals surface area contributed by atoms with Gasteiger partial charge < -0.3 is 0 Å². The van der Waals surface area contributed by atoms with E-state index in [0.29, 0.717) is 5.75 Å². The number of carbonyl (C=O) groups is 1. The van der Waals surface area contributed by atoms with Crippen molar-refractivity contribution in [2.45, 2.75) is 0 Å². The molecule has 0 radical (unpaired) electrons. The van der Waals surface area contributed by atoms with Gasteiger partial charge in [-0.05, 0) is 25.9 Å². The van der Waals surface area contributed by atoms with Crippen LogP contribution in [0.3, 0.4) is 0 Å². The standard InChI is InChI=1S/C5H11N2OPS2/c1-6(2)9(10)7(3)5(8)4-11-9/h4H2,1-3H3. The minimum Gasteiger partial charge on any atom is -0.297 e. The van der Waals surface area contributed by atoms with Crippen LogP contribution in [0.1, 0.15) is 0 Å². The highest BCUT2D eigenvalue weighted by atomic mass is 32.9. The van der Waals surface area contributed by atoms with Gasteiger partial charge in [0.2, 0.25) is 5.91 Å². The zero-order valence-corrected chi connectivity index (χ0v) is 9.30. The summed E-state index contributed by atoms with van der Waals surface area (Å²) in [6.07, 6.45) is 0. The lowest BCUT2D eigenvalue weighted by molar-refractivity contribution is -0.122. The second kappa shape index (κ2) is 3.05. The van der Waals surface area contributed by atoms with E-state index in [-0.39, 0.29) is 5.91 Å². The van der Waals surface area contributed by atoms with Crippen LogP contribution in [0.2, 0.25) is 0 Å². The van der Waals surface area contributed by atoms with E-state index >= 15 is 0 Å². The van der Waals surface area contributed by atoms with E-state index in [0.717, 1.165) is 0 Å². The summed E-state index contributed by atoms with van der Waals surface area (Å²) in [5.74, 6) is 0.707. The Hall–Kier alpha value is 0.430. The Morgan fingerprint density at radius 3 is 2.45 bits per heavy atom. The number of carbonyl (C=O) groups excluding carboxylic acids is 1. The highest BCUT2D eigenvalue weighted by Crippen LogP contribution is 2.66. The molecule has 1 saturated heterocycles. The predicted octanol–water partition coefficient (Wildman–Crippen LogP) is 0.978. The number of amides is 1. The van der Waals surface area contributed by atoms with Crippen molar-refractivity contribution in [3.8, 4) is 0 Å². The Morgan fingerprint density at radius 1 is 1.73 bits per heavy atom. The summed E-state index contributed by atoms with van der Waals surface area (Å²) in [5.41, 5.74) is -1.72. The Labute approximate surface area is 76.0 Å². The molecule has 1 rings (SSSR count). The van der Waals surface area contributed by atoms with Crippen LogP contribution in [0.15, 0.2) is 0 Å². The highest BCUT2D eigenvalue weighted by molar-refractivity contribution is 8.70. The third-order valence-electron chi connectivity index (χ3n) is 1.60. The second-order valence-corrected chi connectivity index (χ2v) is 9.98. The summed E-state index contributed by atoms with van der Waals surface area (Å²) in [5, 5.41) is 0. The van der Waals surface area contributed by atoms with E-state index < -0.39 is 5.54 Å². The van der Waals surface area contributed by atoms with Crippen LogP contribution >= 0.6 is 16.9 Å². The van der Waals surface area contributed by atoms with Crippen molar-refractivity contribution < 1.29 is 4.79 Å². The quantitative estimate of drug-likeness (QED) is 0.602. The van der Waals surface area contributed by atoms with Crippen LogP contribution in [-0.4, -0.2) is 42.1 Å². The molecule has 1 unspecified atom stereocenters. The Kier molecular flexibility index (Phi) is 2.64. The number of hydrogen-bond donors (Lipinski definition) is 0. The summed E-state index contributed by atoms with van der Waals surface area (Å²) in [6, 6.07) is 0. The number of nitrogens with zero attached hydrogens (tertiary/aromatic N) is 2. The number of rotatable bonds is 1. The third-order valence-corrected chi connectivity index (χ3v) is 10.1. The number of hydrogen-bond acceptors (Lipinski definition) is 3. The Morgan fingerprint density at radius 2 is 2.27 bits per heavy atom. The normalized spacial score (nSPS) is 32.0. The van der Waals surface area contributed by atoms with E-state index in [4.69, 9.17) is 11.8 Å². The first-order valence-electron chi connectivity index (χ1n) is 3.18. The molecule has 11 heavy (non-hydrogen) atoms. The molecule has 1 atom stereocenters. The monoisotopic (exact) mass is 210 g/mol. The molecule has 1 aliphatic heterocycles. The molecule has 0 aromatic rings. The minimum absolute atomic E-state index is 0.159. The lowest BCUT2D eigenvalue weighted by Gasteiger charge is -2.29. The van der Waals surface area contributed by atoms with Crippen LogP contribution in [0.25, 0.3) is 0 Å². The van der Waals surface area contributed by atoms with E-state index in [1.807, 2.05) is 18.8 Å². The molecule has 1 fully saturated rings. The van der Waals surface area contributed by atoms with Crippen LogP contribution in [0, 0.1) is 0 Å². The lowest BCUT2D eigenvalue weighted by atomic mass is 10.7. The maximum absolute atomic E-state index is 11.1. The first-order valence-corrected chi connectivity index (χ1v) is 7.48. The Bertz CT molecular complexity index is 231. The topological polar surface area (TPSA) is 23.6 Å². The van der Waals surface area contributed by atoms with Crippen molar-refractivity contribution in [2.75, 3.05) is 26.9 Å². The average molecular weight is 210 g/mol. The van der Waals surface area contributed by atoms with Gasteiger partial charge in [-0.1, -0.05) is 11.4 Å². The van der Waals surface area contributed by atoms with Crippen molar-refractivity contribution in [3.63, 3.8) is 0 Å². The lowest BCUT2D eigenvalue weighted by Crippen LogP contribution is -2.22. The molecule has 1 aliphatic rings. The summed E-state index contributed by atoms with van der Waals surface area (Å²) in [7, 11) is 5.66. The predicted molar refractivity (Wildman–Crippen MR) is 53.2 cm³/mol. The van der Waals surface area contributed by atoms with Crippen molar-refractivity contribution in [2.24, 2.45) is 0 Å². The molecule has 64 valence electrons. The molecule has 0 aromatic heterocycles. The molecule has 3 nitrogen and oxygen atoms in total. The maximum atomic E-state index is 11.1. The van der Waals surface area contributed by atoms with Crippen LogP contribution in [-0.2, 0) is 16.6 Å². The summed E-state index contributed by atoms with van der Waals surface area (Å²) in [4.78, 5) is 11.1. The van der Waals surface area contributed by atoms with Crippen LogP contribution in [0.4, 0.5) is 0 Å². The molecule has 0 saturated carbocycles. The van der Waals surface area contributed by atoms with Crippen molar-refractivity contribution in [1.29, 1.82) is 0 Å². The minimum atomic E-state index is -1.72. The molecule has 0 spiro atoms. The molecular formula is C5H11N2OPS2. The van der Waals surface area contributed by atoms with Crippen LogP contribution < -0.4 is 0 Å². The van der Waals surface area contributed by atoms with Gasteiger partial charge in [-0.15, -0.1) is 0 Å². The van der Waals surface area contributed by atoms with Crippen LogP contribution in [0.5, 0.6) is 0 Å². The maximum Gasteiger partial charge on any atom is 0.238 e. The van der Waals surface area contributed by atoms with Gasteiger partial charge in [-0.3, -0.25) is 14.1 Å². The third kappa shape index (κ3) is 1.47. The molecule has 0 aromatic carbocycles. The van der Waals surface area contributed by atoms with Gasteiger partial charge in [0.05, 0.1) is 5.75 Å². The van der Waals surface area contributed by atoms with Crippen molar-refractivity contribution in [1.82, 2.24) is 9.34 Å². The van der Waals surface area contributed by atoms with Crippen molar-refractivity contribution in [3.05, 3.63) is 0 Å². The van der Waals surface area contributed by atoms with E-state index in [9.17, 15) is 4.79 Å². The second-order valence-electron chi connectivity index (χ2n) is 2.53. The van der Waals surface area contributed by atoms with Gasteiger partial charge in [0, 0.05) is 7.05 Å². The molecule has 6 heteroatoms. The molecule has 0 bridgehead atoms. The van der Waals surface area contributed by atoms with E-state index in [1.54, 1.807) is 23.1 Å². The van der Waals surface area contributed by atoms with Gasteiger partial charge in [0.25, 0.3) is 0 Å². The molecule has 0 aliphatic carbocycles. The molecule has 0 N–H and O–H groups in total. The smallest absolute Gasteiger partial charge is 0.238 e. The first kappa shape index (κ1) is 9.52. The average Bonchev–Trinajstić information content (AvgIpc) is 2.18. The Balaban J connectivity index is 2.90. The van der Waals surface area contributed by atoms with Gasteiger partial charge in [-0.2, -0.15) is 0 Å². The highest BCUT2D eigenvalue weighted by Gasteiger charge is 2.36. The fraction of sp³-hybridized carbons (Fsp3) is 0.800. The molecular weight excluding hydrogens is 199 g/mol. The summed E-state index contributed by atoms with van der Waals surface area (Å²) in [6.45, 7) is 0. The largest absolute Gasteiger partial charge is 0.297 e. The van der Waals surface area contributed by atoms with Gasteiger partial charge >= 0.3 is 0 Å². The van der Waals surface area contributed by atoms with Gasteiger partial charge in [0.1, 0.15) is 0 Å². The molecule has 1 amide bonds. The zero-order chi connectivity index (χ0) is 8.65. The van der Waals surface area contributed by atoms with Gasteiger partial charge in [0.15, 0.2) is 5.54 Å². The fourth-order valence-electron chi connectivity index (χ4n) is 0.844. The molecule has 1 heterocycles. The zero-order valence-electron chi connectivity index (χ0n) is 6.77. The summed E-state index contributed by atoms with van der Waals surface area (Å²) >= 11 is 6.99. The first-order chi connectivity index (χ1) is 4.98. The SMILES string of the molecule is CN(C)P1(=S)SCC(=O)N1C. The van der Waals surface area contributed by atoms with E-state index in [1.165, 1.54) is 0 Å². The van der Waals surface area contributed by atoms with Crippen molar-refractivity contribution >= 4 is 34.6 Å².